The first-order valence-corrected chi connectivity index (χ1v) is 11.7. The van der Waals surface area contributed by atoms with Crippen LogP contribution >= 0.6 is 0 Å². The first-order valence-electron chi connectivity index (χ1n) is 11.7. The summed E-state index contributed by atoms with van der Waals surface area (Å²) < 4.78 is 15.9. The summed E-state index contributed by atoms with van der Waals surface area (Å²) in [5, 5.41) is 7.94. The van der Waals surface area contributed by atoms with E-state index < -0.39 is 12.1 Å². The molecule has 0 aromatic carbocycles. The standard InChI is InChI=1S/C25H43NO5/c1-4-6-8-10-12-14-16-18-24(26)30-21-23(20-29-22(3)27)31-25(28)19-17-15-13-11-9-7-5-2/h4-5,23,26H,1-2,6-21H2,3H3. The molecule has 0 aliphatic heterocycles. The van der Waals surface area contributed by atoms with Crippen molar-refractivity contribution in [2.24, 2.45) is 0 Å². The fraction of sp³-hybridized carbons (Fsp3) is 0.720. The number of carbonyl (C=O) groups is 2. The van der Waals surface area contributed by atoms with Crippen LogP contribution < -0.4 is 0 Å². The zero-order valence-corrected chi connectivity index (χ0v) is 19.5. The maximum absolute atomic E-state index is 12.1. The van der Waals surface area contributed by atoms with Crippen LogP contribution in [0.1, 0.15) is 96.8 Å². The SMILES string of the molecule is C=CCCCCCCCC(=N)OCC(COC(C)=O)OC(=O)CCCCCCCC=C. The highest BCUT2D eigenvalue weighted by Gasteiger charge is 2.17. The molecule has 0 aliphatic rings. The zero-order valence-electron chi connectivity index (χ0n) is 19.5. The van der Waals surface area contributed by atoms with Crippen molar-refractivity contribution in [2.75, 3.05) is 13.2 Å². The Morgan fingerprint density at radius 1 is 0.774 bits per heavy atom. The highest BCUT2D eigenvalue weighted by Crippen LogP contribution is 2.10. The van der Waals surface area contributed by atoms with Crippen molar-refractivity contribution in [3.63, 3.8) is 0 Å². The summed E-state index contributed by atoms with van der Waals surface area (Å²) in [5.74, 6) is -0.584. The molecule has 0 saturated carbocycles. The lowest BCUT2D eigenvalue weighted by Gasteiger charge is -2.18. The molecular weight excluding hydrogens is 394 g/mol. The summed E-state index contributed by atoms with van der Waals surface area (Å²) in [6, 6.07) is 0. The number of esters is 2. The van der Waals surface area contributed by atoms with Crippen LogP contribution in [0, 0.1) is 5.41 Å². The van der Waals surface area contributed by atoms with Gasteiger partial charge in [0.2, 0.25) is 0 Å². The molecule has 1 atom stereocenters. The van der Waals surface area contributed by atoms with Gasteiger partial charge in [0.25, 0.3) is 0 Å². The van der Waals surface area contributed by atoms with Gasteiger partial charge in [-0.05, 0) is 38.5 Å². The molecule has 0 heterocycles. The minimum absolute atomic E-state index is 0.0265. The van der Waals surface area contributed by atoms with E-state index in [4.69, 9.17) is 19.6 Å². The molecule has 0 bridgehead atoms. The normalized spacial score (nSPS) is 11.4. The average Bonchev–Trinajstić information content (AvgIpc) is 2.74. The molecule has 0 aromatic heterocycles. The molecule has 0 aliphatic carbocycles. The Labute approximate surface area is 188 Å². The van der Waals surface area contributed by atoms with Crippen molar-refractivity contribution in [2.45, 2.75) is 103 Å². The Hall–Kier alpha value is -2.11. The third-order valence-electron chi connectivity index (χ3n) is 4.82. The minimum atomic E-state index is -0.691. The van der Waals surface area contributed by atoms with Crippen LogP contribution in [0.4, 0.5) is 0 Å². The van der Waals surface area contributed by atoms with Crippen LogP contribution in [0.3, 0.4) is 0 Å². The zero-order chi connectivity index (χ0) is 23.2. The van der Waals surface area contributed by atoms with Gasteiger partial charge in [0.15, 0.2) is 12.0 Å². The fourth-order valence-electron chi connectivity index (χ4n) is 3.03. The average molecular weight is 438 g/mol. The van der Waals surface area contributed by atoms with Gasteiger partial charge in [-0.2, -0.15) is 0 Å². The van der Waals surface area contributed by atoms with Gasteiger partial charge in [-0.3, -0.25) is 15.0 Å². The van der Waals surface area contributed by atoms with E-state index in [-0.39, 0.29) is 25.1 Å². The second-order valence-corrected chi connectivity index (χ2v) is 7.84. The highest BCUT2D eigenvalue weighted by atomic mass is 16.6. The predicted molar refractivity (Wildman–Crippen MR) is 125 cm³/mol. The fourth-order valence-corrected chi connectivity index (χ4v) is 3.03. The van der Waals surface area contributed by atoms with Crippen LogP contribution in [0.5, 0.6) is 0 Å². The number of nitrogens with one attached hydrogen (secondary N) is 1. The lowest BCUT2D eigenvalue weighted by atomic mass is 10.1. The van der Waals surface area contributed by atoms with E-state index in [0.29, 0.717) is 12.8 Å². The van der Waals surface area contributed by atoms with Crippen molar-refractivity contribution in [3.05, 3.63) is 25.3 Å². The molecule has 1 N–H and O–H groups in total. The van der Waals surface area contributed by atoms with Crippen LogP contribution in [0.2, 0.25) is 0 Å². The van der Waals surface area contributed by atoms with Gasteiger partial charge >= 0.3 is 11.9 Å². The molecule has 0 spiro atoms. The lowest BCUT2D eigenvalue weighted by Crippen LogP contribution is -2.30. The van der Waals surface area contributed by atoms with Crippen LogP contribution in [0.15, 0.2) is 25.3 Å². The summed E-state index contributed by atoms with van der Waals surface area (Å²) in [7, 11) is 0. The van der Waals surface area contributed by atoms with E-state index in [1.807, 2.05) is 12.2 Å². The van der Waals surface area contributed by atoms with E-state index in [9.17, 15) is 9.59 Å². The Kier molecular flexibility index (Phi) is 19.7. The maximum atomic E-state index is 12.1. The molecular formula is C25H43NO5. The van der Waals surface area contributed by atoms with Gasteiger partial charge < -0.3 is 14.2 Å². The van der Waals surface area contributed by atoms with E-state index in [0.717, 1.165) is 70.6 Å². The number of ether oxygens (including phenoxy) is 3. The third-order valence-corrected chi connectivity index (χ3v) is 4.82. The van der Waals surface area contributed by atoms with Gasteiger partial charge in [0.1, 0.15) is 13.2 Å². The number of allylic oxidation sites excluding steroid dienone is 2. The molecule has 0 rings (SSSR count). The second kappa shape index (κ2) is 21.1. The van der Waals surface area contributed by atoms with Gasteiger partial charge in [0, 0.05) is 19.8 Å². The first kappa shape index (κ1) is 28.9. The summed E-state index contributed by atoms with van der Waals surface area (Å²) in [6.07, 6.45) is 16.7. The predicted octanol–water partition coefficient (Wildman–Crippen LogP) is 6.29. The summed E-state index contributed by atoms with van der Waals surface area (Å²) in [5.41, 5.74) is 0. The molecule has 6 nitrogen and oxygen atoms in total. The van der Waals surface area contributed by atoms with E-state index >= 15 is 0 Å². The van der Waals surface area contributed by atoms with E-state index in [1.54, 1.807) is 0 Å². The molecule has 31 heavy (non-hydrogen) atoms. The molecule has 0 radical (unpaired) electrons. The van der Waals surface area contributed by atoms with Gasteiger partial charge in [0.05, 0.1) is 0 Å². The van der Waals surface area contributed by atoms with Gasteiger partial charge in [-0.15, -0.1) is 13.2 Å². The molecule has 1 unspecified atom stereocenters. The van der Waals surface area contributed by atoms with Gasteiger partial charge in [-0.25, -0.2) is 0 Å². The van der Waals surface area contributed by atoms with E-state index in [1.165, 1.54) is 13.3 Å². The highest BCUT2D eigenvalue weighted by molar-refractivity contribution is 5.72. The van der Waals surface area contributed by atoms with Gasteiger partial charge in [-0.1, -0.05) is 50.7 Å². The molecule has 0 fully saturated rings. The third kappa shape index (κ3) is 20.9. The largest absolute Gasteiger partial charge is 0.477 e. The molecule has 178 valence electrons. The Bertz CT molecular complexity index is 518. The molecule has 0 saturated heterocycles. The molecule has 0 amide bonds. The quantitative estimate of drug-likeness (QED) is 0.0750. The van der Waals surface area contributed by atoms with Crippen LogP contribution in [0.25, 0.3) is 0 Å². The second-order valence-electron chi connectivity index (χ2n) is 7.84. The summed E-state index contributed by atoms with van der Waals surface area (Å²) in [4.78, 5) is 23.2. The Morgan fingerprint density at radius 3 is 1.81 bits per heavy atom. The van der Waals surface area contributed by atoms with Crippen LogP contribution in [-0.4, -0.2) is 37.2 Å². The van der Waals surface area contributed by atoms with Crippen molar-refractivity contribution in [1.82, 2.24) is 0 Å². The van der Waals surface area contributed by atoms with E-state index in [2.05, 4.69) is 13.2 Å². The smallest absolute Gasteiger partial charge is 0.306 e. The topological polar surface area (TPSA) is 85.7 Å². The molecule has 0 aromatic rings. The van der Waals surface area contributed by atoms with Crippen molar-refractivity contribution in [1.29, 1.82) is 5.41 Å². The van der Waals surface area contributed by atoms with Crippen molar-refractivity contribution < 1.29 is 23.8 Å². The summed E-state index contributed by atoms with van der Waals surface area (Å²) in [6.45, 7) is 8.71. The van der Waals surface area contributed by atoms with Crippen LogP contribution in [-0.2, 0) is 23.8 Å². The number of rotatable bonds is 21. The number of unbranched alkanes of at least 4 members (excludes halogenated alkanes) is 10. The first-order chi connectivity index (χ1) is 15.0. The molecule has 6 heteroatoms. The monoisotopic (exact) mass is 437 g/mol. The number of hydrogen-bond donors (Lipinski definition) is 1. The van der Waals surface area contributed by atoms with Crippen molar-refractivity contribution >= 4 is 17.8 Å². The number of hydrogen-bond acceptors (Lipinski definition) is 6. The Morgan fingerprint density at radius 2 is 1.26 bits per heavy atom. The maximum Gasteiger partial charge on any atom is 0.306 e. The number of carbonyl (C=O) groups excluding carboxylic acids is 2. The summed E-state index contributed by atoms with van der Waals surface area (Å²) >= 11 is 0. The lowest BCUT2D eigenvalue weighted by molar-refractivity contribution is -0.160. The minimum Gasteiger partial charge on any atom is -0.477 e. The Balaban J connectivity index is 4.07. The van der Waals surface area contributed by atoms with Crippen molar-refractivity contribution in [3.8, 4) is 0 Å².